The van der Waals surface area contributed by atoms with Gasteiger partial charge in [-0.05, 0) is 31.7 Å². The summed E-state index contributed by atoms with van der Waals surface area (Å²) in [6, 6.07) is 5.12. The fourth-order valence-electron chi connectivity index (χ4n) is 1.59. The first-order valence-corrected chi connectivity index (χ1v) is 5.31. The highest BCUT2D eigenvalue weighted by Gasteiger charge is 2.15. The number of hydrogen-bond donors (Lipinski definition) is 2. The van der Waals surface area contributed by atoms with Gasteiger partial charge in [0.2, 0.25) is 5.91 Å². The van der Waals surface area contributed by atoms with Crippen molar-refractivity contribution in [3.05, 3.63) is 23.8 Å². The van der Waals surface area contributed by atoms with Gasteiger partial charge in [-0.2, -0.15) is 0 Å². The lowest BCUT2D eigenvalue weighted by molar-refractivity contribution is -0.119. The highest BCUT2D eigenvalue weighted by Crippen LogP contribution is 2.30. The molecule has 1 amide bonds. The molecule has 3 N–H and O–H groups in total. The molecule has 1 aromatic rings. The fraction of sp³-hybridized carbons (Fsp3) is 0.417. The van der Waals surface area contributed by atoms with Gasteiger partial charge in [-0.1, -0.05) is 6.07 Å². The molecule has 0 radical (unpaired) electrons. The van der Waals surface area contributed by atoms with Crippen molar-refractivity contribution >= 4 is 5.91 Å². The molecule has 17 heavy (non-hydrogen) atoms. The van der Waals surface area contributed by atoms with Gasteiger partial charge < -0.3 is 15.6 Å². The number of rotatable bonds is 5. The van der Waals surface area contributed by atoms with Crippen LogP contribution in [-0.4, -0.2) is 36.6 Å². The quantitative estimate of drug-likeness (QED) is 0.798. The van der Waals surface area contributed by atoms with E-state index in [1.54, 1.807) is 18.2 Å². The summed E-state index contributed by atoms with van der Waals surface area (Å²) in [6.07, 6.45) is 0. The number of likely N-dealkylation sites (N-methyl/N-ethyl adjacent to an activating group) is 1. The molecule has 1 unspecified atom stereocenters. The summed E-state index contributed by atoms with van der Waals surface area (Å²) in [7, 11) is 3.31. The van der Waals surface area contributed by atoms with Crippen LogP contribution in [0.4, 0.5) is 0 Å². The number of ether oxygens (including phenoxy) is 1. The van der Waals surface area contributed by atoms with Gasteiger partial charge in [0.15, 0.2) is 11.5 Å². The van der Waals surface area contributed by atoms with E-state index in [0.717, 1.165) is 5.56 Å². The van der Waals surface area contributed by atoms with Crippen molar-refractivity contribution in [2.24, 2.45) is 5.73 Å². The zero-order valence-corrected chi connectivity index (χ0v) is 10.3. The maximum absolute atomic E-state index is 10.8. The number of aromatic hydroxyl groups is 1. The molecule has 5 nitrogen and oxygen atoms in total. The topological polar surface area (TPSA) is 75.8 Å². The zero-order valence-electron chi connectivity index (χ0n) is 10.3. The van der Waals surface area contributed by atoms with Crippen molar-refractivity contribution < 1.29 is 14.6 Å². The Hall–Kier alpha value is -1.75. The molecular weight excluding hydrogens is 220 g/mol. The Balaban J connectivity index is 2.88. The number of nitrogens with zero attached hydrogens (tertiary/aromatic N) is 1. The van der Waals surface area contributed by atoms with E-state index in [2.05, 4.69) is 0 Å². The maximum atomic E-state index is 10.8. The van der Waals surface area contributed by atoms with Crippen LogP contribution < -0.4 is 10.5 Å². The summed E-state index contributed by atoms with van der Waals surface area (Å²) in [5.74, 6) is 0.146. The molecule has 0 spiro atoms. The van der Waals surface area contributed by atoms with E-state index in [9.17, 15) is 9.90 Å². The number of carbonyl (C=O) groups is 1. The Morgan fingerprint density at radius 2 is 2.24 bits per heavy atom. The number of phenols is 1. The molecule has 0 fully saturated rings. The second-order valence-electron chi connectivity index (χ2n) is 3.99. The first-order valence-electron chi connectivity index (χ1n) is 5.31. The Bertz CT molecular complexity index is 407. The molecular formula is C12H18N2O3. The largest absolute Gasteiger partial charge is 0.504 e. The number of nitrogens with two attached hydrogens (primary N) is 1. The third-order valence-electron chi connectivity index (χ3n) is 2.75. The standard InChI is InChI=1S/C12H18N2O3/c1-8(14(2)7-12(13)16)9-4-5-10(15)11(6-9)17-3/h4-6,8,15H,7H2,1-3H3,(H2,13,16). The minimum absolute atomic E-state index is 0.0111. The smallest absolute Gasteiger partial charge is 0.231 e. The van der Waals surface area contributed by atoms with Crippen molar-refractivity contribution in [2.75, 3.05) is 20.7 Å². The number of hydrogen-bond acceptors (Lipinski definition) is 4. The Morgan fingerprint density at radius 1 is 1.59 bits per heavy atom. The van der Waals surface area contributed by atoms with E-state index in [-0.39, 0.29) is 24.2 Å². The molecule has 1 atom stereocenters. The second kappa shape index (κ2) is 5.54. The van der Waals surface area contributed by atoms with Crippen molar-refractivity contribution in [2.45, 2.75) is 13.0 Å². The van der Waals surface area contributed by atoms with Gasteiger partial charge in [-0.25, -0.2) is 0 Å². The molecule has 0 bridgehead atoms. The minimum atomic E-state index is -0.370. The van der Waals surface area contributed by atoms with Crippen LogP contribution in [0.2, 0.25) is 0 Å². The average molecular weight is 238 g/mol. The van der Waals surface area contributed by atoms with E-state index in [1.807, 2.05) is 18.9 Å². The van der Waals surface area contributed by atoms with Crippen LogP contribution in [0.5, 0.6) is 11.5 Å². The molecule has 1 aromatic carbocycles. The van der Waals surface area contributed by atoms with Crippen LogP contribution in [0.1, 0.15) is 18.5 Å². The normalized spacial score (nSPS) is 12.5. The van der Waals surface area contributed by atoms with Gasteiger partial charge in [-0.15, -0.1) is 0 Å². The van der Waals surface area contributed by atoms with Gasteiger partial charge >= 0.3 is 0 Å². The molecule has 1 rings (SSSR count). The molecule has 0 aliphatic rings. The highest BCUT2D eigenvalue weighted by atomic mass is 16.5. The molecule has 94 valence electrons. The van der Waals surface area contributed by atoms with Crippen molar-refractivity contribution in [3.8, 4) is 11.5 Å². The lowest BCUT2D eigenvalue weighted by atomic mass is 10.1. The molecule has 0 heterocycles. The van der Waals surface area contributed by atoms with Crippen LogP contribution in [0.15, 0.2) is 18.2 Å². The minimum Gasteiger partial charge on any atom is -0.504 e. The van der Waals surface area contributed by atoms with Crippen LogP contribution in [0.25, 0.3) is 0 Å². The summed E-state index contributed by atoms with van der Waals surface area (Å²) in [5.41, 5.74) is 6.09. The van der Waals surface area contributed by atoms with E-state index >= 15 is 0 Å². The number of primary amides is 1. The van der Waals surface area contributed by atoms with Gasteiger partial charge in [0.25, 0.3) is 0 Å². The van der Waals surface area contributed by atoms with Crippen molar-refractivity contribution in [3.63, 3.8) is 0 Å². The second-order valence-corrected chi connectivity index (χ2v) is 3.99. The van der Waals surface area contributed by atoms with Crippen LogP contribution in [0.3, 0.4) is 0 Å². The SMILES string of the molecule is COc1cc(C(C)N(C)CC(N)=O)ccc1O. The molecule has 0 aromatic heterocycles. The first kappa shape index (κ1) is 13.3. The monoisotopic (exact) mass is 238 g/mol. The zero-order chi connectivity index (χ0) is 13.0. The lowest BCUT2D eigenvalue weighted by Gasteiger charge is -2.24. The van der Waals surface area contributed by atoms with Gasteiger partial charge in [0, 0.05) is 6.04 Å². The summed E-state index contributed by atoms with van der Waals surface area (Å²) >= 11 is 0. The molecule has 5 heteroatoms. The Morgan fingerprint density at radius 3 is 2.76 bits per heavy atom. The lowest BCUT2D eigenvalue weighted by Crippen LogP contribution is -2.32. The predicted octanol–water partition coefficient (Wildman–Crippen LogP) is 0.879. The summed E-state index contributed by atoms with van der Waals surface area (Å²) < 4.78 is 5.04. The summed E-state index contributed by atoms with van der Waals surface area (Å²) in [6.45, 7) is 2.14. The van der Waals surface area contributed by atoms with Gasteiger partial charge in [0.1, 0.15) is 0 Å². The molecule has 0 saturated heterocycles. The predicted molar refractivity (Wildman–Crippen MR) is 64.9 cm³/mol. The van der Waals surface area contributed by atoms with E-state index < -0.39 is 0 Å². The third kappa shape index (κ3) is 3.35. The van der Waals surface area contributed by atoms with E-state index in [0.29, 0.717) is 5.75 Å². The number of carbonyl (C=O) groups excluding carboxylic acids is 1. The van der Waals surface area contributed by atoms with Gasteiger partial charge in [0.05, 0.1) is 13.7 Å². The van der Waals surface area contributed by atoms with Crippen LogP contribution >= 0.6 is 0 Å². The maximum Gasteiger partial charge on any atom is 0.231 e. The third-order valence-corrected chi connectivity index (χ3v) is 2.75. The van der Waals surface area contributed by atoms with Crippen molar-refractivity contribution in [1.82, 2.24) is 4.90 Å². The highest BCUT2D eigenvalue weighted by molar-refractivity contribution is 5.75. The Kier molecular flexibility index (Phi) is 4.34. The Labute approximate surface area is 101 Å². The molecule has 0 saturated carbocycles. The summed E-state index contributed by atoms with van der Waals surface area (Å²) in [5, 5.41) is 9.49. The number of methoxy groups -OCH3 is 1. The number of benzene rings is 1. The molecule has 0 aliphatic heterocycles. The first-order chi connectivity index (χ1) is 7.95. The summed E-state index contributed by atoms with van der Waals surface area (Å²) in [4.78, 5) is 12.7. The van der Waals surface area contributed by atoms with Crippen LogP contribution in [0, 0.1) is 0 Å². The average Bonchev–Trinajstić information content (AvgIpc) is 2.27. The van der Waals surface area contributed by atoms with Crippen molar-refractivity contribution in [1.29, 1.82) is 0 Å². The molecule has 0 aliphatic carbocycles. The fourth-order valence-corrected chi connectivity index (χ4v) is 1.59. The van der Waals surface area contributed by atoms with E-state index in [1.165, 1.54) is 7.11 Å². The van der Waals surface area contributed by atoms with Crippen LogP contribution in [-0.2, 0) is 4.79 Å². The van der Waals surface area contributed by atoms with E-state index in [4.69, 9.17) is 10.5 Å². The number of phenolic OH excluding ortho intramolecular Hbond substituents is 1. The van der Waals surface area contributed by atoms with Gasteiger partial charge in [-0.3, -0.25) is 9.69 Å². The number of amides is 1.